The summed E-state index contributed by atoms with van der Waals surface area (Å²) in [4.78, 5) is 0. The lowest BCUT2D eigenvalue weighted by molar-refractivity contribution is 0.102. The Kier molecular flexibility index (Phi) is 1.57. The summed E-state index contributed by atoms with van der Waals surface area (Å²) in [6, 6.07) is 0. The Morgan fingerprint density at radius 3 is 2.25 bits per heavy atom. The van der Waals surface area contributed by atoms with Gasteiger partial charge < -0.3 is 5.11 Å². The van der Waals surface area contributed by atoms with Crippen molar-refractivity contribution >= 4 is 0 Å². The van der Waals surface area contributed by atoms with Crippen LogP contribution in [0, 0.1) is 11.8 Å². The van der Waals surface area contributed by atoms with Gasteiger partial charge in [0.15, 0.2) is 0 Å². The largest absolute Gasteiger partial charge is 0.393 e. The van der Waals surface area contributed by atoms with Crippen molar-refractivity contribution in [3.63, 3.8) is 0 Å². The van der Waals surface area contributed by atoms with Gasteiger partial charge in [0.05, 0.1) is 6.10 Å². The molecule has 1 N–H and O–H groups in total. The molecule has 1 unspecified atom stereocenters. The van der Waals surface area contributed by atoms with Crippen LogP contribution in [0.15, 0.2) is 0 Å². The molecule has 1 aliphatic rings. The third-order valence-electron chi connectivity index (χ3n) is 1.88. The second kappa shape index (κ2) is 2.06. The Morgan fingerprint density at radius 2 is 2.25 bits per heavy atom. The van der Waals surface area contributed by atoms with Crippen LogP contribution < -0.4 is 0 Å². The average molecular weight is 113 g/mol. The summed E-state index contributed by atoms with van der Waals surface area (Å²) in [5.41, 5.74) is 0. The molecule has 0 aromatic carbocycles. The lowest BCUT2D eigenvalue weighted by Crippen LogP contribution is -2.32. The van der Waals surface area contributed by atoms with Gasteiger partial charge in [-0.05, 0) is 18.8 Å². The minimum Gasteiger partial charge on any atom is -0.393 e. The van der Waals surface area contributed by atoms with E-state index in [4.69, 9.17) is 5.11 Å². The summed E-state index contributed by atoms with van der Waals surface area (Å²) in [6.07, 6.45) is 2.08. The predicted molar refractivity (Wildman–Crippen MR) is 33.3 cm³/mol. The minimum absolute atomic E-state index is 0.0602. The second-order valence-corrected chi connectivity index (χ2v) is 2.78. The first-order valence-corrected chi connectivity index (χ1v) is 3.25. The van der Waals surface area contributed by atoms with Gasteiger partial charge in [0.2, 0.25) is 0 Å². The number of aliphatic hydroxyl groups excluding tert-OH is 1. The maximum atomic E-state index is 9.04. The number of hydrogen-bond acceptors (Lipinski definition) is 1. The molecule has 1 rings (SSSR count). The molecule has 1 fully saturated rings. The van der Waals surface area contributed by atoms with Crippen molar-refractivity contribution < 1.29 is 5.11 Å². The second-order valence-electron chi connectivity index (χ2n) is 2.78. The Balaban J connectivity index is 2.26. The molecule has 8 heavy (non-hydrogen) atoms. The van der Waals surface area contributed by atoms with Crippen molar-refractivity contribution in [3.8, 4) is 0 Å². The summed E-state index contributed by atoms with van der Waals surface area (Å²) < 4.78 is 0. The fraction of sp³-hybridized carbons (Fsp3) is 0.857. The normalized spacial score (nSPS) is 30.8. The molecular weight excluding hydrogens is 100 g/mol. The lowest BCUT2D eigenvalue weighted by Gasteiger charge is -2.34. The van der Waals surface area contributed by atoms with Gasteiger partial charge in [-0.3, -0.25) is 0 Å². The molecule has 1 heteroatoms. The van der Waals surface area contributed by atoms with Crippen LogP contribution in [-0.4, -0.2) is 11.2 Å². The fourth-order valence-corrected chi connectivity index (χ4v) is 1.11. The van der Waals surface area contributed by atoms with Gasteiger partial charge in [-0.25, -0.2) is 0 Å². The molecule has 0 amide bonds. The van der Waals surface area contributed by atoms with E-state index in [0.717, 1.165) is 12.8 Å². The maximum Gasteiger partial charge on any atom is 0.0605 e. The molecule has 0 aromatic heterocycles. The molecule has 1 nitrogen and oxygen atoms in total. The molecule has 1 aliphatic carbocycles. The van der Waals surface area contributed by atoms with Gasteiger partial charge in [-0.2, -0.15) is 0 Å². The zero-order valence-electron chi connectivity index (χ0n) is 5.52. The van der Waals surface area contributed by atoms with E-state index in [1.54, 1.807) is 0 Å². The third kappa shape index (κ3) is 0.873. The number of rotatable bonds is 1. The fourth-order valence-electron chi connectivity index (χ4n) is 1.11. The Labute approximate surface area is 50.7 Å². The van der Waals surface area contributed by atoms with Crippen LogP contribution in [0.2, 0.25) is 0 Å². The SMILES string of the molecule is CC(C)[C]1CCC1O. The Morgan fingerprint density at radius 1 is 1.62 bits per heavy atom. The molecule has 0 bridgehead atoms. The van der Waals surface area contributed by atoms with Crippen molar-refractivity contribution in [2.45, 2.75) is 32.8 Å². The van der Waals surface area contributed by atoms with E-state index in [2.05, 4.69) is 13.8 Å². The lowest BCUT2D eigenvalue weighted by atomic mass is 9.75. The van der Waals surface area contributed by atoms with Crippen molar-refractivity contribution in [2.24, 2.45) is 5.92 Å². The Hall–Kier alpha value is -0.0400. The molecule has 1 saturated carbocycles. The van der Waals surface area contributed by atoms with Gasteiger partial charge in [-0.1, -0.05) is 13.8 Å². The van der Waals surface area contributed by atoms with Gasteiger partial charge in [0.1, 0.15) is 0 Å². The van der Waals surface area contributed by atoms with E-state index in [0.29, 0.717) is 5.92 Å². The molecule has 0 saturated heterocycles. The van der Waals surface area contributed by atoms with Gasteiger partial charge in [-0.15, -0.1) is 0 Å². The molecule has 1 radical (unpaired) electrons. The van der Waals surface area contributed by atoms with Crippen LogP contribution in [0.5, 0.6) is 0 Å². The minimum atomic E-state index is -0.0602. The molecular formula is C7H13O. The van der Waals surface area contributed by atoms with E-state index >= 15 is 0 Å². The zero-order valence-corrected chi connectivity index (χ0v) is 5.52. The quantitative estimate of drug-likeness (QED) is 0.544. The van der Waals surface area contributed by atoms with Gasteiger partial charge in [0, 0.05) is 5.92 Å². The van der Waals surface area contributed by atoms with Crippen molar-refractivity contribution in [1.29, 1.82) is 0 Å². The smallest absolute Gasteiger partial charge is 0.0605 e. The predicted octanol–water partition coefficient (Wildman–Crippen LogP) is 1.37. The molecule has 1 atom stereocenters. The van der Waals surface area contributed by atoms with Crippen LogP contribution >= 0.6 is 0 Å². The van der Waals surface area contributed by atoms with E-state index in [9.17, 15) is 0 Å². The topological polar surface area (TPSA) is 20.2 Å². The maximum absolute atomic E-state index is 9.04. The third-order valence-corrected chi connectivity index (χ3v) is 1.88. The van der Waals surface area contributed by atoms with Gasteiger partial charge >= 0.3 is 0 Å². The van der Waals surface area contributed by atoms with Gasteiger partial charge in [0.25, 0.3) is 0 Å². The highest BCUT2D eigenvalue weighted by atomic mass is 16.3. The van der Waals surface area contributed by atoms with E-state index in [1.165, 1.54) is 5.92 Å². The molecule has 0 aliphatic heterocycles. The van der Waals surface area contributed by atoms with E-state index in [-0.39, 0.29) is 6.10 Å². The highest BCUT2D eigenvalue weighted by Crippen LogP contribution is 2.35. The van der Waals surface area contributed by atoms with E-state index in [1.807, 2.05) is 0 Å². The average Bonchev–Trinajstić information content (AvgIpc) is 1.61. The molecule has 47 valence electrons. The van der Waals surface area contributed by atoms with Crippen LogP contribution in [0.4, 0.5) is 0 Å². The van der Waals surface area contributed by atoms with E-state index < -0.39 is 0 Å². The summed E-state index contributed by atoms with van der Waals surface area (Å²) in [5.74, 6) is 1.93. The first-order chi connectivity index (χ1) is 3.72. The molecule has 0 spiro atoms. The summed E-state index contributed by atoms with van der Waals surface area (Å²) in [6.45, 7) is 4.27. The van der Waals surface area contributed by atoms with Crippen molar-refractivity contribution in [3.05, 3.63) is 5.92 Å². The highest BCUT2D eigenvalue weighted by Gasteiger charge is 2.31. The van der Waals surface area contributed by atoms with Crippen molar-refractivity contribution in [1.82, 2.24) is 0 Å². The standard InChI is InChI=1S/C7H13O/c1-5(2)6-3-4-7(6)8/h5,7-8H,3-4H2,1-2H3. The summed E-state index contributed by atoms with van der Waals surface area (Å²) in [7, 11) is 0. The first kappa shape index (κ1) is 6.09. The van der Waals surface area contributed by atoms with Crippen LogP contribution in [-0.2, 0) is 0 Å². The number of hydrogen-bond donors (Lipinski definition) is 1. The van der Waals surface area contributed by atoms with Crippen LogP contribution in [0.25, 0.3) is 0 Å². The highest BCUT2D eigenvalue weighted by molar-refractivity contribution is 5.08. The molecule has 0 heterocycles. The summed E-state index contributed by atoms with van der Waals surface area (Å²) in [5, 5.41) is 9.04. The Bertz CT molecular complexity index is 73.7. The van der Waals surface area contributed by atoms with Crippen LogP contribution in [0.1, 0.15) is 26.7 Å². The first-order valence-electron chi connectivity index (χ1n) is 3.25. The van der Waals surface area contributed by atoms with Crippen LogP contribution in [0.3, 0.4) is 0 Å². The monoisotopic (exact) mass is 113 g/mol. The number of aliphatic hydroxyl groups is 1. The zero-order chi connectivity index (χ0) is 6.15. The molecule has 0 aromatic rings. The van der Waals surface area contributed by atoms with Crippen molar-refractivity contribution in [2.75, 3.05) is 0 Å². The summed E-state index contributed by atoms with van der Waals surface area (Å²) >= 11 is 0.